The third kappa shape index (κ3) is 9.24. The minimum Gasteiger partial charge on any atom is -0.494 e. The van der Waals surface area contributed by atoms with Crippen molar-refractivity contribution in [1.82, 2.24) is 39.8 Å². The number of nitrogens with one attached hydrogen (secondary N) is 3. The second-order valence-electron chi connectivity index (χ2n) is 17.4. The summed E-state index contributed by atoms with van der Waals surface area (Å²) in [6.45, 7) is 12.9. The third-order valence-corrected chi connectivity index (χ3v) is 15.1. The fraction of sp³-hybridized carbons (Fsp3) is 0.404. The van der Waals surface area contributed by atoms with Crippen molar-refractivity contribution in [2.24, 2.45) is 0 Å². The lowest BCUT2D eigenvalue weighted by Crippen LogP contribution is -2.53. The topological polar surface area (TPSA) is 163 Å². The van der Waals surface area contributed by atoms with Gasteiger partial charge in [-0.25, -0.2) is 4.98 Å². The molecule has 0 saturated carbocycles. The Morgan fingerprint density at radius 2 is 1.70 bits per heavy atom. The van der Waals surface area contributed by atoms with Gasteiger partial charge in [0.05, 0.1) is 46.4 Å². The second-order valence-corrected chi connectivity index (χ2v) is 21.4. The first-order valence-corrected chi connectivity index (χ1v) is 25.6. The van der Waals surface area contributed by atoms with Gasteiger partial charge in [-0.1, -0.05) is 37.3 Å². The number of ether oxygens (including phenoxy) is 1. The molecular weight excluding hydrogens is 893 g/mol. The number of anilines is 5. The van der Waals surface area contributed by atoms with Gasteiger partial charge in [-0.3, -0.25) is 29.5 Å². The molecule has 3 aliphatic rings. The molecule has 15 nitrogen and oxygen atoms in total. The van der Waals surface area contributed by atoms with E-state index in [4.69, 9.17) is 9.72 Å². The average Bonchev–Trinajstić information content (AvgIpc) is 3.72. The summed E-state index contributed by atoms with van der Waals surface area (Å²) >= 11 is 3.61. The van der Waals surface area contributed by atoms with E-state index in [0.717, 1.165) is 104 Å². The summed E-state index contributed by atoms with van der Waals surface area (Å²) in [5.74, 6) is 1.13. The number of piperidine rings is 2. The Kier molecular flexibility index (Phi) is 12.7. The number of fused-ring (bicyclic) bond motifs is 2. The first-order chi connectivity index (χ1) is 30.9. The zero-order valence-corrected chi connectivity index (χ0v) is 39.3. The van der Waals surface area contributed by atoms with Crippen LogP contribution in [0.3, 0.4) is 0 Å². The van der Waals surface area contributed by atoms with Gasteiger partial charge in [0, 0.05) is 92.3 Å². The van der Waals surface area contributed by atoms with Crippen LogP contribution in [0.5, 0.6) is 5.75 Å². The number of aryl methyl sites for hydroxylation is 1. The molecule has 1 atom stereocenters. The molecule has 6 heterocycles. The van der Waals surface area contributed by atoms with Gasteiger partial charge in [0.1, 0.15) is 24.8 Å². The lowest BCUT2D eigenvalue weighted by Gasteiger charge is -2.43. The van der Waals surface area contributed by atoms with E-state index in [2.05, 4.69) is 98.9 Å². The number of methoxy groups -OCH3 is 1. The van der Waals surface area contributed by atoms with Crippen LogP contribution in [0.2, 0.25) is 0 Å². The number of benzene rings is 3. The Hall–Kier alpha value is -5.41. The number of para-hydroxylation sites is 1. The van der Waals surface area contributed by atoms with Crippen LogP contribution in [0.25, 0.3) is 21.8 Å². The summed E-state index contributed by atoms with van der Waals surface area (Å²) in [5, 5.41) is 16.4. The van der Waals surface area contributed by atoms with Gasteiger partial charge in [-0.15, -0.1) is 0 Å². The molecule has 9 rings (SSSR count). The van der Waals surface area contributed by atoms with Crippen LogP contribution in [-0.2, 0) is 27.0 Å². The summed E-state index contributed by atoms with van der Waals surface area (Å²) in [6, 6.07) is 18.5. The van der Waals surface area contributed by atoms with Gasteiger partial charge in [-0.05, 0) is 90.7 Å². The number of imide groups is 1. The minimum atomic E-state index is -2.71. The lowest BCUT2D eigenvalue weighted by molar-refractivity contribution is -0.135. The van der Waals surface area contributed by atoms with Crippen LogP contribution >= 0.6 is 23.1 Å². The van der Waals surface area contributed by atoms with Crippen molar-refractivity contribution < 1.29 is 18.9 Å². The fourth-order valence-corrected chi connectivity index (χ4v) is 11.3. The quantitative estimate of drug-likeness (QED) is 0.0785. The van der Waals surface area contributed by atoms with Gasteiger partial charge in [-0.2, -0.15) is 10.1 Å². The van der Waals surface area contributed by atoms with E-state index in [0.29, 0.717) is 46.6 Å². The molecule has 3 aromatic heterocycles. The third-order valence-electron chi connectivity index (χ3n) is 12.9. The maximum atomic E-state index is 13.6. The first-order valence-electron chi connectivity index (χ1n) is 22.2. The molecule has 0 radical (unpaired) electrons. The van der Waals surface area contributed by atoms with Crippen molar-refractivity contribution in [3.63, 3.8) is 0 Å². The molecule has 2 amide bonds. The molecule has 0 aliphatic carbocycles. The van der Waals surface area contributed by atoms with Crippen LogP contribution in [0.1, 0.15) is 49.8 Å². The molecule has 334 valence electrons. The molecule has 3 fully saturated rings. The SMILES string of the molecule is CCc1cc(Nc2ncc(Br)c(Nc3cnc4ccccc4c3P(C)(C)=O)n2)c(OC)cc1N1CCC(N2CCN(CCc3ccc4cnn(C5CCC(=O)NC5=O)c4c3)CC2)CC1. The summed E-state index contributed by atoms with van der Waals surface area (Å²) in [4.78, 5) is 46.1. The van der Waals surface area contributed by atoms with E-state index in [1.807, 2.05) is 24.3 Å². The van der Waals surface area contributed by atoms with Crippen LogP contribution in [0.15, 0.2) is 77.7 Å². The first kappa shape index (κ1) is 43.8. The Bertz CT molecular complexity index is 2760. The number of piperazine rings is 1. The summed E-state index contributed by atoms with van der Waals surface area (Å²) in [7, 11) is -1.02. The van der Waals surface area contributed by atoms with Gasteiger partial charge >= 0.3 is 0 Å². The monoisotopic (exact) mass is 947 g/mol. The normalized spacial score (nSPS) is 18.1. The highest BCUT2D eigenvalue weighted by Crippen LogP contribution is 2.42. The highest BCUT2D eigenvalue weighted by atomic mass is 79.9. The van der Waals surface area contributed by atoms with Crippen molar-refractivity contribution in [3.05, 3.63) is 88.8 Å². The average molecular weight is 949 g/mol. The van der Waals surface area contributed by atoms with Crippen molar-refractivity contribution in [2.75, 3.05) is 81.8 Å². The number of hydrogen-bond donors (Lipinski definition) is 3. The van der Waals surface area contributed by atoms with Gasteiger partial charge < -0.3 is 29.7 Å². The fourth-order valence-electron chi connectivity index (χ4n) is 9.53. The number of nitrogens with zero attached hydrogens (tertiary/aromatic N) is 8. The van der Waals surface area contributed by atoms with E-state index in [1.165, 1.54) is 16.8 Å². The largest absolute Gasteiger partial charge is 0.494 e. The van der Waals surface area contributed by atoms with E-state index < -0.39 is 13.2 Å². The minimum absolute atomic E-state index is 0.218. The smallest absolute Gasteiger partial charge is 0.251 e. The predicted octanol–water partition coefficient (Wildman–Crippen LogP) is 7.25. The zero-order valence-electron chi connectivity index (χ0n) is 36.8. The second kappa shape index (κ2) is 18.6. The number of amides is 2. The molecule has 3 aliphatic heterocycles. The highest BCUT2D eigenvalue weighted by Gasteiger charge is 2.31. The van der Waals surface area contributed by atoms with Crippen LogP contribution in [0.4, 0.5) is 28.8 Å². The number of carbonyl (C=O) groups excluding carboxylic acids is 2. The summed E-state index contributed by atoms with van der Waals surface area (Å²) in [5.41, 5.74) is 6.80. The number of rotatable bonds is 13. The van der Waals surface area contributed by atoms with Gasteiger partial charge in [0.2, 0.25) is 11.9 Å². The Morgan fingerprint density at radius 3 is 2.45 bits per heavy atom. The molecule has 6 aromatic rings. The maximum absolute atomic E-state index is 13.6. The van der Waals surface area contributed by atoms with E-state index in [9.17, 15) is 14.2 Å². The molecule has 0 spiro atoms. The number of pyridine rings is 1. The predicted molar refractivity (Wildman–Crippen MR) is 258 cm³/mol. The summed E-state index contributed by atoms with van der Waals surface area (Å²) < 4.78 is 22.0. The van der Waals surface area contributed by atoms with Crippen molar-refractivity contribution in [3.8, 4) is 5.75 Å². The highest BCUT2D eigenvalue weighted by molar-refractivity contribution is 9.10. The number of halogens is 1. The molecule has 17 heteroatoms. The van der Waals surface area contributed by atoms with Gasteiger partial charge in [0.25, 0.3) is 5.91 Å². The van der Waals surface area contributed by atoms with Crippen LogP contribution < -0.4 is 30.9 Å². The Morgan fingerprint density at radius 1 is 0.906 bits per heavy atom. The Labute approximate surface area is 381 Å². The Balaban J connectivity index is 0.804. The number of carbonyl (C=O) groups is 2. The van der Waals surface area contributed by atoms with Crippen molar-refractivity contribution in [1.29, 1.82) is 0 Å². The molecular formula is C47H55BrN11O4P. The van der Waals surface area contributed by atoms with E-state index in [1.54, 1.807) is 43.7 Å². The number of hydrogen-bond acceptors (Lipinski definition) is 13. The maximum Gasteiger partial charge on any atom is 0.251 e. The zero-order chi connectivity index (χ0) is 44.5. The standard InChI is InChI=1S/C47H55BrN11O4P/c1-5-31-25-37(53-47-50-28-35(48)45(55-47)52-38-29-49-36-9-7-6-8-34(36)44(38)64(3,4)62)42(63-2)26-40(31)58-18-15-33(16-19-58)57-22-20-56(21-23-57)17-14-30-10-11-32-27-51-59(41(32)24-30)39-12-13-43(60)54-46(39)61/h6-11,24-29,33,39H,5,12-23H2,1-4H3,(H,54,60,61)(H2,50,52,53,55). The molecule has 1 unspecified atom stereocenters. The lowest BCUT2D eigenvalue weighted by atomic mass is 9.99. The van der Waals surface area contributed by atoms with E-state index >= 15 is 0 Å². The van der Waals surface area contributed by atoms with E-state index in [-0.39, 0.29) is 11.8 Å². The summed E-state index contributed by atoms with van der Waals surface area (Å²) in [6.07, 6.45) is 10.0. The molecule has 3 N–H and O–H groups in total. The van der Waals surface area contributed by atoms with Crippen molar-refractivity contribution in [2.45, 2.75) is 57.5 Å². The van der Waals surface area contributed by atoms with Crippen LogP contribution in [0, 0.1) is 0 Å². The van der Waals surface area contributed by atoms with Crippen LogP contribution in [-0.4, -0.2) is 119 Å². The molecule has 0 bridgehead atoms. The van der Waals surface area contributed by atoms with Gasteiger partial charge in [0.15, 0.2) is 0 Å². The number of aromatic nitrogens is 5. The molecule has 64 heavy (non-hydrogen) atoms. The molecule has 3 saturated heterocycles. The molecule has 3 aromatic carbocycles. The van der Waals surface area contributed by atoms with Crippen molar-refractivity contribution >= 4 is 90.8 Å².